The lowest BCUT2D eigenvalue weighted by Crippen LogP contribution is -2.17. The first-order valence-electron chi connectivity index (χ1n) is 7.73. The van der Waals surface area contributed by atoms with Crippen molar-refractivity contribution in [2.24, 2.45) is 5.73 Å². The van der Waals surface area contributed by atoms with Crippen molar-refractivity contribution in [2.45, 2.75) is 19.4 Å². The number of fused-ring (bicyclic) bond motifs is 1. The number of hydrogen-bond donors (Lipinski definition) is 3. The lowest BCUT2D eigenvalue weighted by molar-refractivity contribution is -0.113. The Morgan fingerprint density at radius 2 is 2.08 bits per heavy atom. The molecule has 6 heteroatoms. The Bertz CT molecular complexity index is 984. The highest BCUT2D eigenvalue weighted by molar-refractivity contribution is 5.95. The number of benzene rings is 1. The fraction of sp³-hybridized carbons (Fsp3) is 0.158. The molecule has 5 nitrogen and oxygen atoms in total. The molecule has 1 amide bonds. The van der Waals surface area contributed by atoms with Gasteiger partial charge >= 0.3 is 0 Å². The van der Waals surface area contributed by atoms with E-state index >= 15 is 0 Å². The molecule has 3 rings (SSSR count). The summed E-state index contributed by atoms with van der Waals surface area (Å²) in [6.07, 6.45) is 6.29. The Morgan fingerprint density at radius 3 is 2.76 bits per heavy atom. The highest BCUT2D eigenvalue weighted by Crippen LogP contribution is 2.30. The monoisotopic (exact) mass is 339 g/mol. The summed E-state index contributed by atoms with van der Waals surface area (Å²) >= 11 is 0. The zero-order valence-electron chi connectivity index (χ0n) is 13.9. The minimum absolute atomic E-state index is 0.216. The van der Waals surface area contributed by atoms with E-state index in [-0.39, 0.29) is 5.56 Å². The molecule has 0 unspecified atom stereocenters. The van der Waals surface area contributed by atoms with Gasteiger partial charge in [0.05, 0.1) is 5.60 Å². The van der Waals surface area contributed by atoms with Crippen LogP contribution in [0.5, 0.6) is 0 Å². The highest BCUT2D eigenvalue weighted by atomic mass is 19.1. The quantitative estimate of drug-likeness (QED) is 0.638. The fourth-order valence-electron chi connectivity index (χ4n) is 2.67. The molecule has 2 heterocycles. The maximum absolute atomic E-state index is 14.0. The third-order valence-electron chi connectivity index (χ3n) is 3.95. The number of halogens is 1. The highest BCUT2D eigenvalue weighted by Gasteiger charge is 2.21. The first-order chi connectivity index (χ1) is 11.8. The van der Waals surface area contributed by atoms with Gasteiger partial charge < -0.3 is 15.8 Å². The Hall–Kier alpha value is -2.99. The Morgan fingerprint density at radius 1 is 1.32 bits per heavy atom. The molecule has 0 bridgehead atoms. The molecule has 128 valence electrons. The van der Waals surface area contributed by atoms with Gasteiger partial charge in [0.2, 0.25) is 5.91 Å². The normalized spacial score (nSPS) is 12.2. The van der Waals surface area contributed by atoms with Crippen molar-refractivity contribution < 1.29 is 14.3 Å². The van der Waals surface area contributed by atoms with Gasteiger partial charge in [0.15, 0.2) is 0 Å². The maximum atomic E-state index is 14.0. The number of carbonyl (C=O) groups is 1. The van der Waals surface area contributed by atoms with Gasteiger partial charge in [-0.05, 0) is 43.7 Å². The molecule has 3 aromatic rings. The molecule has 0 aliphatic heterocycles. The Labute approximate surface area is 144 Å². The van der Waals surface area contributed by atoms with Crippen LogP contribution in [0.3, 0.4) is 0 Å². The molecule has 4 N–H and O–H groups in total. The molecular formula is C19H18FN3O2. The largest absolute Gasteiger partial charge is 0.386 e. The van der Waals surface area contributed by atoms with Crippen LogP contribution < -0.4 is 5.73 Å². The van der Waals surface area contributed by atoms with Crippen LogP contribution in [0.1, 0.15) is 25.0 Å². The van der Waals surface area contributed by atoms with Crippen LogP contribution >= 0.6 is 0 Å². The van der Waals surface area contributed by atoms with Crippen molar-refractivity contribution in [2.75, 3.05) is 0 Å². The second-order valence-corrected chi connectivity index (χ2v) is 6.35. The predicted octanol–water partition coefficient (Wildman–Crippen LogP) is 3.09. The summed E-state index contributed by atoms with van der Waals surface area (Å²) in [6.45, 7) is 3.07. The van der Waals surface area contributed by atoms with E-state index in [4.69, 9.17) is 5.73 Å². The third kappa shape index (κ3) is 3.44. The number of nitrogens with two attached hydrogens (primary N) is 1. The number of nitrogens with one attached hydrogen (secondary N) is 1. The first-order valence-corrected chi connectivity index (χ1v) is 7.73. The average Bonchev–Trinajstić information content (AvgIpc) is 2.94. The average molecular weight is 339 g/mol. The minimum Gasteiger partial charge on any atom is -0.386 e. The van der Waals surface area contributed by atoms with E-state index in [1.165, 1.54) is 26.0 Å². The number of nitrogens with zero attached hydrogens (tertiary/aromatic N) is 1. The summed E-state index contributed by atoms with van der Waals surface area (Å²) in [4.78, 5) is 18.3. The molecule has 0 saturated heterocycles. The van der Waals surface area contributed by atoms with Crippen LogP contribution in [0.15, 0.2) is 42.7 Å². The number of pyridine rings is 1. The zero-order valence-corrected chi connectivity index (χ0v) is 13.9. The molecule has 0 atom stereocenters. The van der Waals surface area contributed by atoms with Gasteiger partial charge in [-0.1, -0.05) is 6.07 Å². The predicted molar refractivity (Wildman–Crippen MR) is 95.0 cm³/mol. The number of H-pyrrole nitrogens is 1. The lowest BCUT2D eigenvalue weighted by Gasteiger charge is -2.19. The maximum Gasteiger partial charge on any atom is 0.241 e. The van der Waals surface area contributed by atoms with E-state index in [1.807, 2.05) is 6.07 Å². The van der Waals surface area contributed by atoms with E-state index in [9.17, 15) is 14.3 Å². The van der Waals surface area contributed by atoms with Crippen molar-refractivity contribution in [3.05, 3.63) is 59.7 Å². The summed E-state index contributed by atoms with van der Waals surface area (Å²) in [6, 6.07) is 6.47. The molecule has 0 aliphatic carbocycles. The van der Waals surface area contributed by atoms with Crippen molar-refractivity contribution in [1.82, 2.24) is 9.97 Å². The number of carbonyl (C=O) groups excluding carboxylic acids is 1. The van der Waals surface area contributed by atoms with Crippen LogP contribution in [0.25, 0.3) is 28.2 Å². The molecule has 0 radical (unpaired) electrons. The molecule has 25 heavy (non-hydrogen) atoms. The smallest absolute Gasteiger partial charge is 0.241 e. The van der Waals surface area contributed by atoms with Gasteiger partial charge in [0, 0.05) is 40.5 Å². The topological polar surface area (TPSA) is 92.0 Å². The van der Waals surface area contributed by atoms with Crippen molar-refractivity contribution in [3.63, 3.8) is 0 Å². The summed E-state index contributed by atoms with van der Waals surface area (Å²) in [5.74, 6) is -0.996. The number of amides is 1. The van der Waals surface area contributed by atoms with Gasteiger partial charge in [-0.3, -0.25) is 4.79 Å². The molecule has 2 aromatic heterocycles. The van der Waals surface area contributed by atoms with E-state index < -0.39 is 17.3 Å². The molecular weight excluding hydrogens is 321 g/mol. The molecule has 0 fully saturated rings. The van der Waals surface area contributed by atoms with Gasteiger partial charge in [-0.2, -0.15) is 0 Å². The second kappa shape index (κ2) is 6.14. The number of aromatic nitrogens is 2. The Kier molecular flexibility index (Phi) is 4.14. The van der Waals surface area contributed by atoms with Crippen molar-refractivity contribution in [1.29, 1.82) is 0 Å². The lowest BCUT2D eigenvalue weighted by atomic mass is 9.94. The molecule has 0 aliphatic rings. The molecule has 0 saturated carbocycles. The number of aromatic amines is 1. The summed E-state index contributed by atoms with van der Waals surface area (Å²) in [5.41, 5.74) is 7.00. The van der Waals surface area contributed by atoms with E-state index in [0.717, 1.165) is 22.1 Å². The van der Waals surface area contributed by atoms with Crippen LogP contribution in [-0.4, -0.2) is 21.0 Å². The summed E-state index contributed by atoms with van der Waals surface area (Å²) in [5, 5.41) is 10.9. The Balaban J connectivity index is 2.11. The fourth-order valence-corrected chi connectivity index (χ4v) is 2.67. The van der Waals surface area contributed by atoms with Crippen LogP contribution in [0.2, 0.25) is 0 Å². The van der Waals surface area contributed by atoms with Crippen LogP contribution in [0, 0.1) is 5.82 Å². The van der Waals surface area contributed by atoms with Gasteiger partial charge in [0.25, 0.3) is 0 Å². The number of rotatable bonds is 4. The molecule has 1 aromatic carbocycles. The summed E-state index contributed by atoms with van der Waals surface area (Å²) in [7, 11) is 0. The van der Waals surface area contributed by atoms with E-state index in [2.05, 4.69) is 9.97 Å². The van der Waals surface area contributed by atoms with E-state index in [1.54, 1.807) is 30.6 Å². The van der Waals surface area contributed by atoms with Crippen molar-refractivity contribution in [3.8, 4) is 11.1 Å². The standard InChI is InChI=1S/C19H18FN3O2/c1-19(2,25)15-8-11(3-5-16(15)20)13-7-14-12(4-6-17(21)24)9-22-18(14)23-10-13/h3-10,25H,1-2H3,(H2,21,24)(H,22,23)/b6-4+. The van der Waals surface area contributed by atoms with Crippen LogP contribution in [0.4, 0.5) is 4.39 Å². The van der Waals surface area contributed by atoms with Crippen molar-refractivity contribution >= 4 is 23.0 Å². The van der Waals surface area contributed by atoms with Crippen LogP contribution in [-0.2, 0) is 10.4 Å². The van der Waals surface area contributed by atoms with Gasteiger partial charge in [0.1, 0.15) is 11.5 Å². The zero-order chi connectivity index (χ0) is 18.2. The van der Waals surface area contributed by atoms with E-state index in [0.29, 0.717) is 5.65 Å². The third-order valence-corrected chi connectivity index (χ3v) is 3.95. The summed E-state index contributed by atoms with van der Waals surface area (Å²) < 4.78 is 14.0. The minimum atomic E-state index is -1.29. The van der Waals surface area contributed by atoms with Gasteiger partial charge in [-0.25, -0.2) is 9.37 Å². The number of primary amides is 1. The van der Waals surface area contributed by atoms with Gasteiger partial charge in [-0.15, -0.1) is 0 Å². The SMILES string of the molecule is CC(C)(O)c1cc(-c2cnc3[nH]cc(/C=C/C(N)=O)c3c2)ccc1F. The second-order valence-electron chi connectivity index (χ2n) is 6.35. The number of hydrogen-bond acceptors (Lipinski definition) is 3. The first kappa shape index (κ1) is 16.9. The molecule has 0 spiro atoms. The number of aliphatic hydroxyl groups is 1.